The lowest BCUT2D eigenvalue weighted by atomic mass is 9.92. The normalized spacial score (nSPS) is 25.4. The monoisotopic (exact) mass is 393 g/mol. The van der Waals surface area contributed by atoms with Crippen LogP contribution >= 0.6 is 0 Å². The summed E-state index contributed by atoms with van der Waals surface area (Å²) in [4.78, 5) is 29.1. The molecule has 1 N–H and O–H groups in total. The molecule has 0 aliphatic carbocycles. The van der Waals surface area contributed by atoms with Gasteiger partial charge >= 0.3 is 6.03 Å². The maximum Gasteiger partial charge on any atom is 0.318 e. The van der Waals surface area contributed by atoms with Crippen LogP contribution in [0.25, 0.3) is 0 Å². The number of urea groups is 1. The van der Waals surface area contributed by atoms with Gasteiger partial charge in [-0.3, -0.25) is 4.79 Å². The Morgan fingerprint density at radius 2 is 1.97 bits per heavy atom. The van der Waals surface area contributed by atoms with Crippen molar-refractivity contribution in [3.63, 3.8) is 0 Å². The Morgan fingerprint density at radius 1 is 1.17 bits per heavy atom. The van der Waals surface area contributed by atoms with Gasteiger partial charge in [0, 0.05) is 20.0 Å². The second kappa shape index (κ2) is 6.77. The summed E-state index contributed by atoms with van der Waals surface area (Å²) in [7, 11) is 1.70. The van der Waals surface area contributed by atoms with Crippen molar-refractivity contribution in [1.82, 2.24) is 10.2 Å². The first-order valence-corrected chi connectivity index (χ1v) is 9.85. The molecule has 29 heavy (non-hydrogen) atoms. The highest BCUT2D eigenvalue weighted by molar-refractivity contribution is 6.00. The molecular weight excluding hydrogens is 370 g/mol. The van der Waals surface area contributed by atoms with Crippen molar-refractivity contribution in [1.29, 1.82) is 0 Å². The minimum atomic E-state index is -0.742. The topological polar surface area (TPSA) is 71.1 Å². The Kier molecular flexibility index (Phi) is 4.20. The summed E-state index contributed by atoms with van der Waals surface area (Å²) in [6.07, 6.45) is 0.748. The Balaban J connectivity index is 1.29. The average Bonchev–Trinajstić information content (AvgIpc) is 3.32. The van der Waals surface area contributed by atoms with Gasteiger partial charge in [0.2, 0.25) is 0 Å². The van der Waals surface area contributed by atoms with E-state index in [0.717, 1.165) is 6.42 Å². The Bertz CT molecular complexity index is 978. The molecule has 2 aromatic rings. The van der Waals surface area contributed by atoms with Gasteiger partial charge in [0.05, 0.1) is 18.8 Å². The highest BCUT2D eigenvalue weighted by Crippen LogP contribution is 2.43. The molecule has 0 bridgehead atoms. The minimum absolute atomic E-state index is 0.101. The summed E-state index contributed by atoms with van der Waals surface area (Å²) in [5, 5.41) is 2.86. The number of hydrogen-bond acceptors (Lipinski definition) is 4. The molecular formula is C22H23N3O4. The van der Waals surface area contributed by atoms with Gasteiger partial charge in [0.15, 0.2) is 0 Å². The van der Waals surface area contributed by atoms with E-state index in [0.29, 0.717) is 31.1 Å². The second-order valence-electron chi connectivity index (χ2n) is 7.79. The maximum absolute atomic E-state index is 12.9. The lowest BCUT2D eigenvalue weighted by molar-refractivity contribution is -0.120. The van der Waals surface area contributed by atoms with Gasteiger partial charge in [0.1, 0.15) is 24.0 Å². The smallest absolute Gasteiger partial charge is 0.318 e. The van der Waals surface area contributed by atoms with Gasteiger partial charge in [-0.25, -0.2) is 4.79 Å². The Labute approximate surface area is 169 Å². The number of ether oxygens (including phenoxy) is 2. The molecule has 0 saturated carbocycles. The van der Waals surface area contributed by atoms with E-state index >= 15 is 0 Å². The van der Waals surface area contributed by atoms with Gasteiger partial charge in [-0.15, -0.1) is 0 Å². The third kappa shape index (κ3) is 2.93. The molecule has 150 valence electrons. The number of benzene rings is 2. The zero-order chi connectivity index (χ0) is 20.0. The number of para-hydroxylation sites is 2. The molecule has 1 spiro atoms. The fraction of sp³-hybridized carbons (Fsp3) is 0.364. The van der Waals surface area contributed by atoms with Crippen molar-refractivity contribution < 1.29 is 19.1 Å². The number of carbonyl (C=O) groups is 2. The molecule has 5 rings (SSSR count). The van der Waals surface area contributed by atoms with E-state index in [1.165, 1.54) is 16.0 Å². The quantitative estimate of drug-likeness (QED) is 0.807. The summed E-state index contributed by atoms with van der Waals surface area (Å²) in [6, 6.07) is 14.5. The van der Waals surface area contributed by atoms with Crippen LogP contribution in [0.2, 0.25) is 0 Å². The van der Waals surface area contributed by atoms with Gasteiger partial charge in [0.25, 0.3) is 5.91 Å². The fourth-order valence-corrected chi connectivity index (χ4v) is 4.47. The van der Waals surface area contributed by atoms with Crippen molar-refractivity contribution in [3.8, 4) is 5.75 Å². The van der Waals surface area contributed by atoms with Gasteiger partial charge < -0.3 is 24.6 Å². The largest absolute Gasteiger partial charge is 0.489 e. The fourth-order valence-electron chi connectivity index (χ4n) is 4.47. The third-order valence-corrected chi connectivity index (χ3v) is 6.09. The van der Waals surface area contributed by atoms with E-state index in [4.69, 9.17) is 9.47 Å². The van der Waals surface area contributed by atoms with E-state index in [1.807, 2.05) is 36.4 Å². The third-order valence-electron chi connectivity index (χ3n) is 6.09. The molecule has 2 aromatic carbocycles. The Hall–Kier alpha value is -3.06. The lowest BCUT2D eigenvalue weighted by Crippen LogP contribution is -2.53. The minimum Gasteiger partial charge on any atom is -0.489 e. The van der Waals surface area contributed by atoms with E-state index in [2.05, 4.69) is 17.4 Å². The van der Waals surface area contributed by atoms with Crippen LogP contribution < -0.4 is 15.0 Å². The van der Waals surface area contributed by atoms with E-state index < -0.39 is 11.6 Å². The van der Waals surface area contributed by atoms with E-state index in [-0.39, 0.29) is 18.5 Å². The molecule has 3 aliphatic rings. The van der Waals surface area contributed by atoms with Crippen LogP contribution in [0.1, 0.15) is 17.5 Å². The predicted molar refractivity (Wildman–Crippen MR) is 107 cm³/mol. The molecule has 0 aromatic heterocycles. The van der Waals surface area contributed by atoms with E-state index in [1.54, 1.807) is 11.9 Å². The Morgan fingerprint density at radius 3 is 2.86 bits per heavy atom. The lowest BCUT2D eigenvalue weighted by Gasteiger charge is -2.26. The summed E-state index contributed by atoms with van der Waals surface area (Å²) >= 11 is 0. The van der Waals surface area contributed by atoms with Crippen LogP contribution in [0.3, 0.4) is 0 Å². The first-order chi connectivity index (χ1) is 14.1. The van der Waals surface area contributed by atoms with Crippen LogP contribution in [-0.2, 0) is 21.7 Å². The number of carbonyl (C=O) groups excluding carboxylic acids is 2. The number of amides is 3. The van der Waals surface area contributed by atoms with Crippen LogP contribution in [0, 0.1) is 0 Å². The summed E-state index contributed by atoms with van der Waals surface area (Å²) in [5.74, 6) is 0.441. The first-order valence-electron chi connectivity index (χ1n) is 9.85. The number of rotatable bonds is 1. The van der Waals surface area contributed by atoms with E-state index in [9.17, 15) is 9.59 Å². The molecule has 7 heteroatoms. The summed E-state index contributed by atoms with van der Waals surface area (Å²) in [5.41, 5.74) is 2.61. The highest BCUT2D eigenvalue weighted by Gasteiger charge is 2.47. The molecule has 3 amide bonds. The first kappa shape index (κ1) is 18.0. The van der Waals surface area contributed by atoms with Crippen molar-refractivity contribution in [2.24, 2.45) is 0 Å². The number of anilines is 1. The van der Waals surface area contributed by atoms with Crippen LogP contribution in [-0.4, -0.2) is 49.6 Å². The highest BCUT2D eigenvalue weighted by atomic mass is 16.5. The molecule has 1 fully saturated rings. The zero-order valence-corrected chi connectivity index (χ0v) is 16.3. The average molecular weight is 393 g/mol. The number of fused-ring (bicyclic) bond motifs is 3. The van der Waals surface area contributed by atoms with Crippen LogP contribution in [0.5, 0.6) is 5.75 Å². The number of nitrogens with one attached hydrogen (secondary N) is 1. The number of hydrogen-bond donors (Lipinski definition) is 1. The molecule has 7 nitrogen and oxygen atoms in total. The van der Waals surface area contributed by atoms with Crippen molar-refractivity contribution >= 4 is 17.6 Å². The summed E-state index contributed by atoms with van der Waals surface area (Å²) < 4.78 is 11.9. The van der Waals surface area contributed by atoms with Gasteiger partial charge in [-0.05, 0) is 23.3 Å². The zero-order valence-electron chi connectivity index (χ0n) is 16.3. The summed E-state index contributed by atoms with van der Waals surface area (Å²) in [6.45, 7) is 1.74. The molecule has 3 aliphatic heterocycles. The van der Waals surface area contributed by atoms with Gasteiger partial charge in [-0.2, -0.15) is 0 Å². The number of likely N-dealkylation sites (tertiary alicyclic amines) is 1. The van der Waals surface area contributed by atoms with Crippen molar-refractivity contribution in [2.45, 2.75) is 24.7 Å². The molecule has 3 heterocycles. The van der Waals surface area contributed by atoms with Crippen LogP contribution in [0.15, 0.2) is 48.5 Å². The standard InChI is InChI=1S/C22H23N3O4/c1-24-18-8-4-5-9-19(18)28-13-17(20(24)26)23-21(27)25-11-10-22(14-25)16-7-3-2-6-15(16)12-29-22/h2-9,17H,10-14H2,1H3,(H,23,27)/t17-,22?/m0/s1. The molecule has 1 saturated heterocycles. The number of nitrogens with zero attached hydrogens (tertiary/aromatic N) is 2. The molecule has 0 radical (unpaired) electrons. The number of likely N-dealkylation sites (N-methyl/N-ethyl adjacent to an activating group) is 1. The van der Waals surface area contributed by atoms with Crippen molar-refractivity contribution in [2.75, 3.05) is 31.6 Å². The maximum atomic E-state index is 12.9. The SMILES string of the molecule is CN1C(=O)[C@@H](NC(=O)N2CCC3(C2)OCc2ccccc23)COc2ccccc21. The van der Waals surface area contributed by atoms with Crippen LogP contribution in [0.4, 0.5) is 10.5 Å². The van der Waals surface area contributed by atoms with Crippen molar-refractivity contribution in [3.05, 3.63) is 59.7 Å². The predicted octanol–water partition coefficient (Wildman–Crippen LogP) is 2.25. The molecule has 1 unspecified atom stereocenters. The second-order valence-corrected chi connectivity index (χ2v) is 7.79. The molecule has 2 atom stereocenters. The van der Waals surface area contributed by atoms with Gasteiger partial charge in [-0.1, -0.05) is 36.4 Å².